The second-order valence-electron chi connectivity index (χ2n) is 7.38. The van der Waals surface area contributed by atoms with Gasteiger partial charge in [-0.15, -0.1) is 5.10 Å². The summed E-state index contributed by atoms with van der Waals surface area (Å²) in [6.07, 6.45) is 4.05. The van der Waals surface area contributed by atoms with Gasteiger partial charge in [0, 0.05) is 32.0 Å². The van der Waals surface area contributed by atoms with Gasteiger partial charge in [0.15, 0.2) is 0 Å². The lowest BCUT2D eigenvalue weighted by atomic mass is 10.0. The van der Waals surface area contributed by atoms with E-state index in [1.54, 1.807) is 13.2 Å². The molecule has 146 valence electrons. The predicted octanol–water partition coefficient (Wildman–Crippen LogP) is 1.79. The van der Waals surface area contributed by atoms with Crippen molar-refractivity contribution in [2.24, 2.45) is 5.92 Å². The van der Waals surface area contributed by atoms with Gasteiger partial charge >= 0.3 is 5.69 Å². The highest BCUT2D eigenvalue weighted by Crippen LogP contribution is 2.21. The maximum Gasteiger partial charge on any atom is 0.352 e. The van der Waals surface area contributed by atoms with Crippen LogP contribution >= 0.6 is 0 Å². The molecule has 0 spiro atoms. The van der Waals surface area contributed by atoms with Gasteiger partial charge in [-0.1, -0.05) is 25.1 Å². The Kier molecular flexibility index (Phi) is 4.85. The van der Waals surface area contributed by atoms with E-state index >= 15 is 0 Å². The summed E-state index contributed by atoms with van der Waals surface area (Å²) in [6.45, 7) is 4.01. The molecule has 0 radical (unpaired) electrons. The van der Waals surface area contributed by atoms with Crippen LogP contribution in [-0.4, -0.2) is 45.2 Å². The molecule has 1 amide bonds. The summed E-state index contributed by atoms with van der Waals surface area (Å²) in [5, 5.41) is 4.28. The molecule has 2 aromatic heterocycles. The molecule has 0 saturated carbocycles. The summed E-state index contributed by atoms with van der Waals surface area (Å²) >= 11 is 0. The fraction of sp³-hybridized carbons (Fsp3) is 0.400. The van der Waals surface area contributed by atoms with E-state index in [9.17, 15) is 9.59 Å². The molecular formula is C20H24N6O2. The fourth-order valence-electron chi connectivity index (χ4n) is 3.60. The van der Waals surface area contributed by atoms with Gasteiger partial charge in [0.05, 0.1) is 0 Å². The summed E-state index contributed by atoms with van der Waals surface area (Å²) < 4.78 is 2.55. The zero-order valence-electron chi connectivity index (χ0n) is 16.2. The minimum absolute atomic E-state index is 0.135. The third kappa shape index (κ3) is 3.49. The zero-order chi connectivity index (χ0) is 19.7. The van der Waals surface area contributed by atoms with Crippen molar-refractivity contribution in [3.63, 3.8) is 0 Å². The number of rotatable bonds is 4. The third-order valence-electron chi connectivity index (χ3n) is 5.22. The summed E-state index contributed by atoms with van der Waals surface area (Å²) in [5.41, 5.74) is 0.403. The Balaban J connectivity index is 1.57. The highest BCUT2D eigenvalue weighted by molar-refractivity contribution is 5.92. The van der Waals surface area contributed by atoms with Crippen LogP contribution in [-0.2, 0) is 11.3 Å². The number of nitrogens with zero attached hydrogens (tertiary/aromatic N) is 6. The number of amides is 1. The van der Waals surface area contributed by atoms with E-state index in [-0.39, 0.29) is 18.1 Å². The van der Waals surface area contributed by atoms with E-state index in [0.717, 1.165) is 31.0 Å². The fourth-order valence-corrected chi connectivity index (χ4v) is 3.60. The standard InChI is InChI=1S/C20H24N6O2/c1-15-7-6-11-24(13-15)17-10-12-25-19(21-17)22-26(20(25)28)14-18(27)23(2)16-8-4-3-5-9-16/h3-5,8-10,12,15H,6-7,11,13-14H2,1-2H3. The predicted molar refractivity (Wildman–Crippen MR) is 108 cm³/mol. The number of carbonyl (C=O) groups excluding carboxylic acids is 1. The van der Waals surface area contributed by atoms with Crippen LogP contribution in [0.2, 0.25) is 0 Å². The van der Waals surface area contributed by atoms with Gasteiger partial charge in [-0.2, -0.15) is 4.98 Å². The van der Waals surface area contributed by atoms with Crippen LogP contribution in [0.25, 0.3) is 5.78 Å². The number of anilines is 2. The molecule has 0 bridgehead atoms. The van der Waals surface area contributed by atoms with Gasteiger partial charge < -0.3 is 9.80 Å². The molecular weight excluding hydrogens is 356 g/mol. The van der Waals surface area contributed by atoms with Crippen molar-refractivity contribution in [1.29, 1.82) is 0 Å². The SMILES string of the molecule is CC1CCCN(c2ccn3c(=O)n(CC(=O)N(C)c4ccccc4)nc3n2)C1. The lowest BCUT2D eigenvalue weighted by molar-refractivity contribution is -0.119. The quantitative estimate of drug-likeness (QED) is 0.690. The first-order valence-corrected chi connectivity index (χ1v) is 9.55. The molecule has 0 N–H and O–H groups in total. The highest BCUT2D eigenvalue weighted by Gasteiger charge is 2.20. The Labute approximate surface area is 163 Å². The monoisotopic (exact) mass is 380 g/mol. The normalized spacial score (nSPS) is 17.1. The number of benzene rings is 1. The van der Waals surface area contributed by atoms with Gasteiger partial charge in [-0.05, 0) is 37.0 Å². The first kappa shape index (κ1) is 18.2. The first-order chi connectivity index (χ1) is 13.5. The van der Waals surface area contributed by atoms with Crippen molar-refractivity contribution in [2.75, 3.05) is 29.9 Å². The number of hydrogen-bond donors (Lipinski definition) is 0. The minimum atomic E-state index is -0.365. The second-order valence-corrected chi connectivity index (χ2v) is 7.38. The molecule has 1 aliphatic rings. The van der Waals surface area contributed by atoms with Crippen molar-refractivity contribution < 1.29 is 4.79 Å². The number of likely N-dealkylation sites (N-methyl/N-ethyl adjacent to an activating group) is 1. The van der Waals surface area contributed by atoms with Crippen molar-refractivity contribution in [2.45, 2.75) is 26.3 Å². The molecule has 8 nitrogen and oxygen atoms in total. The number of para-hydroxylation sites is 1. The summed E-state index contributed by atoms with van der Waals surface area (Å²) in [6, 6.07) is 11.2. The first-order valence-electron chi connectivity index (χ1n) is 9.55. The highest BCUT2D eigenvalue weighted by atomic mass is 16.2. The maximum atomic E-state index is 12.6. The van der Waals surface area contributed by atoms with Crippen LogP contribution in [0, 0.1) is 5.92 Å². The molecule has 28 heavy (non-hydrogen) atoms. The molecule has 3 aromatic rings. The molecule has 0 aliphatic carbocycles. The average molecular weight is 380 g/mol. The smallest absolute Gasteiger partial charge is 0.352 e. The molecule has 1 fully saturated rings. The average Bonchev–Trinajstić information content (AvgIpc) is 3.02. The molecule has 8 heteroatoms. The number of aromatic nitrogens is 4. The maximum absolute atomic E-state index is 12.6. The zero-order valence-corrected chi connectivity index (χ0v) is 16.2. The van der Waals surface area contributed by atoms with E-state index in [4.69, 9.17) is 0 Å². The molecule has 1 aliphatic heterocycles. The molecule has 1 atom stereocenters. The summed E-state index contributed by atoms with van der Waals surface area (Å²) in [5.74, 6) is 1.54. The van der Waals surface area contributed by atoms with Crippen molar-refractivity contribution in [3.05, 3.63) is 53.1 Å². The van der Waals surface area contributed by atoms with Crippen LogP contribution in [0.4, 0.5) is 11.5 Å². The van der Waals surface area contributed by atoms with Crippen LogP contribution < -0.4 is 15.5 Å². The van der Waals surface area contributed by atoms with Gasteiger partial charge in [0.2, 0.25) is 5.91 Å². The van der Waals surface area contributed by atoms with Gasteiger partial charge in [-0.3, -0.25) is 4.79 Å². The number of hydrogen-bond acceptors (Lipinski definition) is 5. The van der Waals surface area contributed by atoms with Crippen LogP contribution in [0.15, 0.2) is 47.4 Å². The summed E-state index contributed by atoms with van der Waals surface area (Å²) in [4.78, 5) is 33.5. The van der Waals surface area contributed by atoms with Crippen LogP contribution in [0.5, 0.6) is 0 Å². The second kappa shape index (κ2) is 7.46. The Bertz CT molecular complexity index is 1040. The van der Waals surface area contributed by atoms with Crippen molar-refractivity contribution >= 4 is 23.2 Å². The number of piperidine rings is 1. The largest absolute Gasteiger partial charge is 0.356 e. The van der Waals surface area contributed by atoms with E-state index in [1.807, 2.05) is 36.4 Å². The Hall–Kier alpha value is -3.16. The lowest BCUT2D eigenvalue weighted by Crippen LogP contribution is -2.35. The van der Waals surface area contributed by atoms with E-state index in [2.05, 4.69) is 21.9 Å². The van der Waals surface area contributed by atoms with E-state index in [1.165, 1.54) is 20.4 Å². The van der Waals surface area contributed by atoms with Crippen LogP contribution in [0.1, 0.15) is 19.8 Å². The Morgan fingerprint density at radius 2 is 2.04 bits per heavy atom. The van der Waals surface area contributed by atoms with Gasteiger partial charge in [0.1, 0.15) is 12.4 Å². The van der Waals surface area contributed by atoms with Crippen LogP contribution in [0.3, 0.4) is 0 Å². The van der Waals surface area contributed by atoms with Crippen molar-refractivity contribution in [3.8, 4) is 0 Å². The molecule has 1 unspecified atom stereocenters. The minimum Gasteiger partial charge on any atom is -0.356 e. The van der Waals surface area contributed by atoms with E-state index < -0.39 is 0 Å². The third-order valence-corrected chi connectivity index (χ3v) is 5.22. The van der Waals surface area contributed by atoms with Crippen molar-refractivity contribution in [1.82, 2.24) is 19.2 Å². The van der Waals surface area contributed by atoms with Gasteiger partial charge in [-0.25, -0.2) is 13.9 Å². The topological polar surface area (TPSA) is 75.7 Å². The summed E-state index contributed by atoms with van der Waals surface area (Å²) in [7, 11) is 1.69. The number of carbonyl (C=O) groups is 1. The molecule has 1 saturated heterocycles. The van der Waals surface area contributed by atoms with Gasteiger partial charge in [0.25, 0.3) is 5.78 Å². The molecule has 3 heterocycles. The number of fused-ring (bicyclic) bond motifs is 1. The molecule has 1 aromatic carbocycles. The Morgan fingerprint density at radius 1 is 1.25 bits per heavy atom. The lowest BCUT2D eigenvalue weighted by Gasteiger charge is -2.31. The Morgan fingerprint density at radius 3 is 2.79 bits per heavy atom. The van der Waals surface area contributed by atoms with E-state index in [0.29, 0.717) is 11.7 Å². The molecule has 4 rings (SSSR count).